The number of rotatable bonds is 7. The van der Waals surface area contributed by atoms with Gasteiger partial charge < -0.3 is 20.7 Å². The van der Waals surface area contributed by atoms with Crippen molar-refractivity contribution in [3.05, 3.63) is 58.6 Å². The minimum absolute atomic E-state index is 0.0373. The summed E-state index contributed by atoms with van der Waals surface area (Å²) >= 11 is 6.04. The number of anilines is 1. The number of ether oxygens (including phenoxy) is 1. The second-order valence-electron chi connectivity index (χ2n) is 6.75. The molecule has 7 heteroatoms. The Morgan fingerprint density at radius 2 is 2.11 bits per heavy atom. The first-order valence-electron chi connectivity index (χ1n) is 9.27. The summed E-state index contributed by atoms with van der Waals surface area (Å²) in [5.41, 5.74) is 7.85. The minimum Gasteiger partial charge on any atom is -0.493 e. The highest BCUT2D eigenvalue weighted by atomic mass is 35.5. The zero-order chi connectivity index (χ0) is 20.1. The highest BCUT2D eigenvalue weighted by Gasteiger charge is 2.29. The molecule has 0 radical (unpaired) electrons. The van der Waals surface area contributed by atoms with Gasteiger partial charge in [0.15, 0.2) is 0 Å². The van der Waals surface area contributed by atoms with E-state index >= 15 is 0 Å². The molecule has 3 N–H and O–H groups in total. The molecule has 28 heavy (non-hydrogen) atoms. The number of halogens is 1. The van der Waals surface area contributed by atoms with Crippen LogP contribution in [0.3, 0.4) is 0 Å². The Bertz CT molecular complexity index is 872. The van der Waals surface area contributed by atoms with Crippen molar-refractivity contribution in [1.82, 2.24) is 5.32 Å². The van der Waals surface area contributed by atoms with Gasteiger partial charge in [0.05, 0.1) is 12.2 Å². The van der Waals surface area contributed by atoms with Crippen molar-refractivity contribution in [2.45, 2.75) is 18.8 Å². The zero-order valence-corrected chi connectivity index (χ0v) is 16.5. The molecule has 1 atom stereocenters. The van der Waals surface area contributed by atoms with Gasteiger partial charge in [0.2, 0.25) is 5.91 Å². The van der Waals surface area contributed by atoms with Gasteiger partial charge in [-0.1, -0.05) is 29.8 Å². The molecule has 2 aromatic rings. The molecule has 1 aliphatic rings. The monoisotopic (exact) mass is 401 g/mol. The highest BCUT2D eigenvalue weighted by Crippen LogP contribution is 2.34. The molecule has 1 aliphatic heterocycles. The first-order chi connectivity index (χ1) is 13.5. The third-order valence-corrected chi connectivity index (χ3v) is 5.07. The molecule has 0 fully saturated rings. The van der Waals surface area contributed by atoms with Crippen molar-refractivity contribution in [2.75, 3.05) is 31.6 Å². The summed E-state index contributed by atoms with van der Waals surface area (Å²) in [5.74, 6) is 0.134. The Morgan fingerprint density at radius 1 is 1.32 bits per heavy atom. The number of carbonyl (C=O) groups is 2. The average molecular weight is 402 g/mol. The molecule has 0 bridgehead atoms. The minimum atomic E-state index is -0.261. The molecular weight excluding hydrogens is 378 g/mol. The van der Waals surface area contributed by atoms with E-state index in [-0.39, 0.29) is 17.7 Å². The predicted octanol–water partition coefficient (Wildman–Crippen LogP) is 2.95. The van der Waals surface area contributed by atoms with Crippen molar-refractivity contribution in [3.63, 3.8) is 0 Å². The largest absolute Gasteiger partial charge is 0.493 e. The van der Waals surface area contributed by atoms with Gasteiger partial charge >= 0.3 is 0 Å². The number of nitrogens with zero attached hydrogens (tertiary/aromatic N) is 1. The number of para-hydroxylation sites is 1. The third-order valence-electron chi connectivity index (χ3n) is 4.84. The van der Waals surface area contributed by atoms with Gasteiger partial charge in [0.1, 0.15) is 5.75 Å². The molecule has 1 unspecified atom stereocenters. The maximum absolute atomic E-state index is 12.8. The Balaban J connectivity index is 1.72. The standard InChI is InChI=1S/C21H24ClN3O3/c1-25-18-6-3-2-5-16(18)14(11-20(25)26)13-24-21(27)17-8-7-15(22)12-19(17)28-10-4-9-23/h2-3,5-8,12,14H,4,9-11,13,23H2,1H3,(H,24,27). The first kappa shape index (κ1) is 20.2. The second kappa shape index (κ2) is 9.08. The van der Waals surface area contributed by atoms with Crippen LogP contribution in [0.15, 0.2) is 42.5 Å². The average Bonchev–Trinajstić information content (AvgIpc) is 2.70. The van der Waals surface area contributed by atoms with Crippen LogP contribution in [-0.4, -0.2) is 38.6 Å². The third kappa shape index (κ3) is 4.46. The molecule has 2 aromatic carbocycles. The number of hydrogen-bond acceptors (Lipinski definition) is 4. The van der Waals surface area contributed by atoms with Crippen LogP contribution in [0.5, 0.6) is 5.75 Å². The lowest BCUT2D eigenvalue weighted by Gasteiger charge is -2.31. The predicted molar refractivity (Wildman–Crippen MR) is 110 cm³/mol. The topological polar surface area (TPSA) is 84.7 Å². The summed E-state index contributed by atoms with van der Waals surface area (Å²) < 4.78 is 5.67. The second-order valence-corrected chi connectivity index (χ2v) is 7.19. The van der Waals surface area contributed by atoms with Crippen molar-refractivity contribution in [1.29, 1.82) is 0 Å². The first-order valence-corrected chi connectivity index (χ1v) is 9.65. The maximum Gasteiger partial charge on any atom is 0.255 e. The highest BCUT2D eigenvalue weighted by molar-refractivity contribution is 6.30. The van der Waals surface area contributed by atoms with E-state index in [0.29, 0.717) is 48.9 Å². The van der Waals surface area contributed by atoms with E-state index in [9.17, 15) is 9.59 Å². The molecule has 0 spiro atoms. The summed E-state index contributed by atoms with van der Waals surface area (Å²) in [6.07, 6.45) is 1.04. The fraction of sp³-hybridized carbons (Fsp3) is 0.333. The summed E-state index contributed by atoms with van der Waals surface area (Å²) in [6, 6.07) is 12.7. The molecule has 3 rings (SSSR count). The number of carbonyl (C=O) groups excluding carboxylic acids is 2. The fourth-order valence-corrected chi connectivity index (χ4v) is 3.45. The number of amides is 2. The molecule has 0 aromatic heterocycles. The zero-order valence-electron chi connectivity index (χ0n) is 15.8. The van der Waals surface area contributed by atoms with Crippen molar-refractivity contribution in [2.24, 2.45) is 5.73 Å². The van der Waals surface area contributed by atoms with Crippen LogP contribution in [0.4, 0.5) is 5.69 Å². The van der Waals surface area contributed by atoms with Crippen LogP contribution < -0.4 is 20.7 Å². The van der Waals surface area contributed by atoms with Gasteiger partial charge in [-0.15, -0.1) is 0 Å². The van der Waals surface area contributed by atoms with Crippen LogP contribution in [-0.2, 0) is 4.79 Å². The Morgan fingerprint density at radius 3 is 2.89 bits per heavy atom. The van der Waals surface area contributed by atoms with Crippen molar-refractivity contribution < 1.29 is 14.3 Å². The number of nitrogens with two attached hydrogens (primary N) is 1. The summed E-state index contributed by atoms with van der Waals surface area (Å²) in [7, 11) is 1.77. The Kier molecular flexibility index (Phi) is 6.54. The summed E-state index contributed by atoms with van der Waals surface area (Å²) in [5, 5.41) is 3.43. The molecule has 2 amide bonds. The normalized spacial score (nSPS) is 15.9. The number of hydrogen-bond donors (Lipinski definition) is 2. The summed E-state index contributed by atoms with van der Waals surface area (Å²) in [4.78, 5) is 26.7. The van der Waals surface area contributed by atoms with Crippen LogP contribution in [0.1, 0.15) is 34.7 Å². The quantitative estimate of drug-likeness (QED) is 0.698. The van der Waals surface area contributed by atoms with Gasteiger partial charge in [-0.05, 0) is 42.8 Å². The van der Waals surface area contributed by atoms with Gasteiger partial charge in [0.25, 0.3) is 5.91 Å². The van der Waals surface area contributed by atoms with Crippen LogP contribution in [0, 0.1) is 0 Å². The van der Waals surface area contributed by atoms with E-state index < -0.39 is 0 Å². The SMILES string of the molecule is CN1C(=O)CC(CNC(=O)c2ccc(Cl)cc2OCCCN)c2ccccc21. The molecular formula is C21H24ClN3O3. The van der Waals surface area contributed by atoms with Crippen LogP contribution in [0.2, 0.25) is 5.02 Å². The fourth-order valence-electron chi connectivity index (χ4n) is 3.29. The Hall–Kier alpha value is -2.57. The van der Waals surface area contributed by atoms with Gasteiger partial charge in [-0.25, -0.2) is 0 Å². The molecule has 0 saturated heterocycles. The molecule has 6 nitrogen and oxygen atoms in total. The molecule has 148 valence electrons. The van der Waals surface area contributed by atoms with Gasteiger partial charge in [-0.2, -0.15) is 0 Å². The van der Waals surface area contributed by atoms with E-state index in [0.717, 1.165) is 11.3 Å². The van der Waals surface area contributed by atoms with Crippen LogP contribution >= 0.6 is 11.6 Å². The van der Waals surface area contributed by atoms with Crippen molar-refractivity contribution in [3.8, 4) is 5.75 Å². The van der Waals surface area contributed by atoms with E-state index in [1.807, 2.05) is 24.3 Å². The van der Waals surface area contributed by atoms with E-state index in [2.05, 4.69) is 5.32 Å². The lowest BCUT2D eigenvalue weighted by molar-refractivity contribution is -0.119. The molecule has 1 heterocycles. The Labute approximate surface area is 169 Å². The van der Waals surface area contributed by atoms with Gasteiger partial charge in [-0.3, -0.25) is 9.59 Å². The lowest BCUT2D eigenvalue weighted by Crippen LogP contribution is -2.37. The molecule has 0 aliphatic carbocycles. The van der Waals surface area contributed by atoms with Crippen molar-refractivity contribution >= 4 is 29.1 Å². The lowest BCUT2D eigenvalue weighted by atomic mass is 9.89. The number of benzene rings is 2. The van der Waals surface area contributed by atoms with E-state index in [1.54, 1.807) is 30.1 Å². The maximum atomic E-state index is 12.8. The van der Waals surface area contributed by atoms with E-state index in [4.69, 9.17) is 22.1 Å². The van der Waals surface area contributed by atoms with Gasteiger partial charge in [0, 0.05) is 36.6 Å². The number of fused-ring (bicyclic) bond motifs is 1. The summed E-state index contributed by atoms with van der Waals surface area (Å²) in [6.45, 7) is 1.28. The number of nitrogens with one attached hydrogen (secondary N) is 1. The van der Waals surface area contributed by atoms with Crippen LogP contribution in [0.25, 0.3) is 0 Å². The van der Waals surface area contributed by atoms with E-state index in [1.165, 1.54) is 0 Å². The molecule has 0 saturated carbocycles. The smallest absolute Gasteiger partial charge is 0.255 e.